The highest BCUT2D eigenvalue weighted by molar-refractivity contribution is 5.77. The topological polar surface area (TPSA) is 80.4 Å². The molecule has 0 saturated carbocycles. The van der Waals surface area contributed by atoms with Crippen molar-refractivity contribution in [1.82, 2.24) is 0 Å². The molecular weight excluding hydrogens is 146 g/mol. The third kappa shape index (κ3) is 379. The third-order valence-corrected chi connectivity index (χ3v) is 0.287. The van der Waals surface area contributed by atoms with Gasteiger partial charge in [-0.3, -0.25) is 9.59 Å². The molecule has 4 heteroatoms. The van der Waals surface area contributed by atoms with Crippen LogP contribution in [0.4, 0.5) is 0 Å². The number of ketones is 1. The van der Waals surface area contributed by atoms with Crippen LogP contribution in [0.2, 0.25) is 0 Å². The van der Waals surface area contributed by atoms with Gasteiger partial charge in [0.25, 0.3) is 5.97 Å². The number of hydrogen-bond donors (Lipinski definition) is 2. The number of carbonyl (C=O) groups excluding carboxylic acids is 1. The van der Waals surface area contributed by atoms with E-state index in [2.05, 4.69) is 0 Å². The van der Waals surface area contributed by atoms with Crippen molar-refractivity contribution >= 4 is 11.8 Å². The number of nitrogens with two attached hydrogens (primary N) is 1. The zero-order valence-corrected chi connectivity index (χ0v) is 7.55. The Labute approximate surface area is 67.4 Å². The summed E-state index contributed by atoms with van der Waals surface area (Å²) in [6.45, 7) is 6.71. The van der Waals surface area contributed by atoms with Gasteiger partial charge < -0.3 is 10.8 Å². The Balaban J connectivity index is -0.0000000965. The van der Waals surface area contributed by atoms with Crippen molar-refractivity contribution in [2.75, 3.05) is 6.54 Å². The molecule has 0 rings (SSSR count). The lowest BCUT2D eigenvalue weighted by atomic mass is 10.5. The molecule has 68 valence electrons. The summed E-state index contributed by atoms with van der Waals surface area (Å²) < 4.78 is 0. The van der Waals surface area contributed by atoms with Crippen LogP contribution < -0.4 is 5.73 Å². The summed E-state index contributed by atoms with van der Waals surface area (Å²) in [5, 5.41) is 7.42. The van der Waals surface area contributed by atoms with Gasteiger partial charge in [-0.15, -0.1) is 0 Å². The molecule has 0 aromatic carbocycles. The smallest absolute Gasteiger partial charge is 0.300 e. The monoisotopic (exact) mass is 163 g/mol. The molecule has 0 aliphatic carbocycles. The minimum Gasteiger partial charge on any atom is -0.481 e. The van der Waals surface area contributed by atoms with Crippen molar-refractivity contribution < 1.29 is 14.7 Å². The van der Waals surface area contributed by atoms with Crippen molar-refractivity contribution in [3.63, 3.8) is 0 Å². The Hall–Kier alpha value is -0.900. The molecule has 0 radical (unpaired) electrons. The predicted octanol–water partition coefficient (Wildman–Crippen LogP) is 0.651. The molecule has 0 aromatic heterocycles. The first kappa shape index (κ1) is 16.6. The average molecular weight is 163 g/mol. The van der Waals surface area contributed by atoms with Crippen LogP contribution in [0, 0.1) is 0 Å². The molecule has 0 atom stereocenters. The number of aliphatic carboxylic acids is 1. The molecule has 0 unspecified atom stereocenters. The van der Waals surface area contributed by atoms with Crippen molar-refractivity contribution in [3.05, 3.63) is 0 Å². The maximum Gasteiger partial charge on any atom is 0.300 e. The number of hydrogen-bond acceptors (Lipinski definition) is 3. The van der Waals surface area contributed by atoms with Gasteiger partial charge >= 0.3 is 0 Å². The van der Waals surface area contributed by atoms with Gasteiger partial charge in [-0.1, -0.05) is 13.8 Å². The quantitative estimate of drug-likeness (QED) is 0.594. The van der Waals surface area contributed by atoms with Crippen LogP contribution in [0.15, 0.2) is 0 Å². The second kappa shape index (κ2) is 16.0. The van der Waals surface area contributed by atoms with E-state index < -0.39 is 5.97 Å². The fourth-order valence-electron chi connectivity index (χ4n) is 0. The highest BCUT2D eigenvalue weighted by Gasteiger charge is 1.76. The fourth-order valence-corrected chi connectivity index (χ4v) is 0. The summed E-state index contributed by atoms with van der Waals surface area (Å²) in [4.78, 5) is 18.7. The third-order valence-electron chi connectivity index (χ3n) is 0.287. The lowest BCUT2D eigenvalue weighted by Gasteiger charge is -1.73. The second-order valence-corrected chi connectivity index (χ2v) is 1.43. The predicted molar refractivity (Wildman–Crippen MR) is 44.4 cm³/mol. The van der Waals surface area contributed by atoms with Crippen LogP contribution in [0.25, 0.3) is 0 Å². The second-order valence-electron chi connectivity index (χ2n) is 1.43. The van der Waals surface area contributed by atoms with E-state index in [9.17, 15) is 4.79 Å². The zero-order valence-electron chi connectivity index (χ0n) is 7.55. The van der Waals surface area contributed by atoms with Crippen molar-refractivity contribution in [3.8, 4) is 0 Å². The van der Waals surface area contributed by atoms with Gasteiger partial charge in [-0.25, -0.2) is 0 Å². The molecule has 0 bridgehead atoms. The van der Waals surface area contributed by atoms with Gasteiger partial charge in [0.1, 0.15) is 5.78 Å². The van der Waals surface area contributed by atoms with E-state index in [0.29, 0.717) is 0 Å². The summed E-state index contributed by atoms with van der Waals surface area (Å²) >= 11 is 0. The highest BCUT2D eigenvalue weighted by Crippen LogP contribution is 1.51. The van der Waals surface area contributed by atoms with Gasteiger partial charge in [0.15, 0.2) is 0 Å². The molecule has 0 heterocycles. The van der Waals surface area contributed by atoms with E-state index >= 15 is 0 Å². The van der Waals surface area contributed by atoms with E-state index in [-0.39, 0.29) is 12.3 Å². The van der Waals surface area contributed by atoms with Crippen molar-refractivity contribution in [1.29, 1.82) is 0 Å². The molecule has 3 N–H and O–H groups in total. The standard InChI is InChI=1S/C3H7NO.C2H4O2.C2H6/c1-3(5)2-4;1-2(3)4;1-2/h2,4H2,1H3;1H3,(H,3,4);1-2H3. The Morgan fingerprint density at radius 2 is 1.36 bits per heavy atom. The lowest BCUT2D eigenvalue weighted by molar-refractivity contribution is -0.134. The van der Waals surface area contributed by atoms with E-state index in [1.165, 1.54) is 6.92 Å². The average Bonchev–Trinajstić information content (AvgIpc) is 1.91. The van der Waals surface area contributed by atoms with Gasteiger partial charge in [0, 0.05) is 6.92 Å². The first-order valence-corrected chi connectivity index (χ1v) is 3.39. The largest absolute Gasteiger partial charge is 0.481 e. The molecular formula is C7H17NO3. The lowest BCUT2D eigenvalue weighted by Crippen LogP contribution is -2.07. The maximum atomic E-state index is 9.69. The van der Waals surface area contributed by atoms with E-state index in [0.717, 1.165) is 6.92 Å². The van der Waals surface area contributed by atoms with Crippen LogP contribution in [0.3, 0.4) is 0 Å². The molecule has 0 aliphatic heterocycles. The van der Waals surface area contributed by atoms with Crippen LogP contribution in [-0.2, 0) is 9.59 Å². The van der Waals surface area contributed by atoms with E-state index in [4.69, 9.17) is 15.6 Å². The molecule has 0 aromatic rings. The molecule has 0 fully saturated rings. The number of carboxylic acid groups (broad SMARTS) is 1. The Morgan fingerprint density at radius 1 is 1.27 bits per heavy atom. The normalized spacial score (nSPS) is 6.27. The highest BCUT2D eigenvalue weighted by atomic mass is 16.4. The van der Waals surface area contributed by atoms with Gasteiger partial charge in [0.2, 0.25) is 0 Å². The van der Waals surface area contributed by atoms with Crippen LogP contribution in [0.5, 0.6) is 0 Å². The number of rotatable bonds is 1. The summed E-state index contributed by atoms with van der Waals surface area (Å²) in [7, 11) is 0. The first-order valence-electron chi connectivity index (χ1n) is 3.39. The summed E-state index contributed by atoms with van der Waals surface area (Å²) in [5.74, 6) is -0.801. The Bertz CT molecular complexity index is 97.9. The van der Waals surface area contributed by atoms with Crippen molar-refractivity contribution in [2.24, 2.45) is 5.73 Å². The zero-order chi connectivity index (χ0) is 9.86. The summed E-state index contributed by atoms with van der Waals surface area (Å²) in [6, 6.07) is 0. The molecule has 0 amide bonds. The number of carbonyl (C=O) groups is 2. The molecule has 4 nitrogen and oxygen atoms in total. The maximum absolute atomic E-state index is 9.69. The van der Waals surface area contributed by atoms with Crippen molar-refractivity contribution in [2.45, 2.75) is 27.7 Å². The summed E-state index contributed by atoms with van der Waals surface area (Å²) in [6.07, 6.45) is 0. The molecule has 11 heavy (non-hydrogen) atoms. The molecule has 0 aliphatic rings. The first-order chi connectivity index (χ1) is 5.00. The van der Waals surface area contributed by atoms with Crippen LogP contribution in [-0.4, -0.2) is 23.4 Å². The Kier molecular flexibility index (Phi) is 24.2. The molecule has 0 spiro atoms. The molecule has 0 saturated heterocycles. The van der Waals surface area contributed by atoms with E-state index in [1.54, 1.807) is 0 Å². The number of Topliss-reactive ketones (excluding diaryl/α,β-unsaturated/α-hetero) is 1. The number of carboxylic acids is 1. The van der Waals surface area contributed by atoms with E-state index in [1.807, 2.05) is 13.8 Å². The minimum atomic E-state index is -0.833. The fraction of sp³-hybridized carbons (Fsp3) is 0.714. The Morgan fingerprint density at radius 3 is 1.36 bits per heavy atom. The van der Waals surface area contributed by atoms with Gasteiger partial charge in [-0.2, -0.15) is 0 Å². The van der Waals surface area contributed by atoms with Crippen LogP contribution >= 0.6 is 0 Å². The van der Waals surface area contributed by atoms with Gasteiger partial charge in [0.05, 0.1) is 6.54 Å². The SMILES string of the molecule is CC.CC(=O)CN.CC(=O)O. The van der Waals surface area contributed by atoms with Gasteiger partial charge in [-0.05, 0) is 6.92 Å². The summed E-state index contributed by atoms with van der Waals surface area (Å²) in [5.41, 5.74) is 4.82. The minimum absolute atomic E-state index is 0.0324. The van der Waals surface area contributed by atoms with Crippen LogP contribution in [0.1, 0.15) is 27.7 Å².